The fourth-order valence-corrected chi connectivity index (χ4v) is 7.84. The lowest BCUT2D eigenvalue weighted by molar-refractivity contribution is -0.119. The molecule has 0 unspecified atom stereocenters. The zero-order valence-corrected chi connectivity index (χ0v) is 33.0. The van der Waals surface area contributed by atoms with Crippen LogP contribution in [0.5, 0.6) is 0 Å². The number of thiazole rings is 2. The molecule has 0 aliphatic carbocycles. The van der Waals surface area contributed by atoms with Crippen molar-refractivity contribution in [2.75, 3.05) is 10.6 Å². The zero-order chi connectivity index (χ0) is 41.0. The molecule has 22 heteroatoms. The van der Waals surface area contributed by atoms with E-state index < -0.39 is 46.4 Å². The molecule has 0 aromatic carbocycles. The van der Waals surface area contributed by atoms with E-state index in [1.807, 2.05) is 5.38 Å². The number of imidazole rings is 2. The molecule has 0 fully saturated rings. The highest BCUT2D eigenvalue weighted by molar-refractivity contribution is 7.15. The Labute approximate surface area is 333 Å². The van der Waals surface area contributed by atoms with Gasteiger partial charge in [0.05, 0.1) is 19.2 Å². The number of amides is 2. The maximum absolute atomic E-state index is 13.9. The van der Waals surface area contributed by atoms with Gasteiger partial charge in [-0.15, -0.1) is 22.7 Å². The summed E-state index contributed by atoms with van der Waals surface area (Å²) in [5.41, 5.74) is -0.412. The molecule has 0 aliphatic rings. The minimum atomic E-state index is -0.890. The molecular formula is C36H32N14O6S2. The van der Waals surface area contributed by atoms with E-state index >= 15 is 0 Å². The Kier molecular flexibility index (Phi) is 9.56. The van der Waals surface area contributed by atoms with Gasteiger partial charge in [-0.25, -0.2) is 39.5 Å². The lowest BCUT2D eigenvalue weighted by Gasteiger charge is -2.15. The highest BCUT2D eigenvalue weighted by Crippen LogP contribution is 2.27. The molecule has 20 nitrogen and oxygen atoms in total. The molecule has 8 heterocycles. The van der Waals surface area contributed by atoms with E-state index in [2.05, 4.69) is 40.5 Å². The minimum absolute atomic E-state index is 0.0759. The average molecular weight is 821 g/mol. The number of aromatic nitrogens is 12. The van der Waals surface area contributed by atoms with E-state index in [1.54, 1.807) is 56.7 Å². The van der Waals surface area contributed by atoms with Gasteiger partial charge in [-0.3, -0.25) is 37.4 Å². The Morgan fingerprint density at radius 1 is 0.655 bits per heavy atom. The number of fused-ring (bicyclic) bond motifs is 2. The molecule has 0 spiro atoms. The van der Waals surface area contributed by atoms with E-state index in [0.29, 0.717) is 21.3 Å². The van der Waals surface area contributed by atoms with Gasteiger partial charge < -0.3 is 19.8 Å². The Bertz CT molecular complexity index is 3130. The third-order valence-corrected chi connectivity index (χ3v) is 11.5. The second-order valence-corrected chi connectivity index (χ2v) is 15.3. The normalized spacial score (nSPS) is 12.6. The van der Waals surface area contributed by atoms with Crippen molar-refractivity contribution in [2.24, 2.45) is 21.1 Å². The van der Waals surface area contributed by atoms with Gasteiger partial charge in [0.1, 0.15) is 33.7 Å². The molecule has 294 valence electrons. The first kappa shape index (κ1) is 37.7. The van der Waals surface area contributed by atoms with Crippen LogP contribution in [0.25, 0.3) is 43.5 Å². The Hall–Kier alpha value is -7.20. The monoisotopic (exact) mass is 820 g/mol. The van der Waals surface area contributed by atoms with Gasteiger partial charge in [-0.2, -0.15) is 0 Å². The molecule has 0 saturated heterocycles. The molecule has 58 heavy (non-hydrogen) atoms. The molecule has 0 radical (unpaired) electrons. The smallest absolute Gasteiger partial charge is 0.312 e. The fraction of sp³-hybridized carbons (Fsp3) is 0.222. The summed E-state index contributed by atoms with van der Waals surface area (Å²) in [7, 11) is 4.36. The lowest BCUT2D eigenvalue weighted by Crippen LogP contribution is -2.40. The van der Waals surface area contributed by atoms with E-state index in [0.717, 1.165) is 19.7 Å². The number of anilines is 2. The molecule has 2 amide bonds. The lowest BCUT2D eigenvalue weighted by atomic mass is 10.2. The van der Waals surface area contributed by atoms with Crippen LogP contribution in [0.2, 0.25) is 0 Å². The van der Waals surface area contributed by atoms with Gasteiger partial charge >= 0.3 is 11.4 Å². The second-order valence-electron chi connectivity index (χ2n) is 13.3. The Morgan fingerprint density at radius 3 is 1.74 bits per heavy atom. The molecule has 8 aromatic heterocycles. The summed E-state index contributed by atoms with van der Waals surface area (Å²) in [6, 6.07) is 5.01. The van der Waals surface area contributed by atoms with Crippen LogP contribution in [0.1, 0.15) is 30.8 Å². The topological polar surface area (TPSA) is 233 Å². The third-order valence-electron chi connectivity index (χ3n) is 9.65. The SMILES string of the molecule is C[C@H](C(=O)Nc1ccc(-c2nccs2)cn1)n1cnc2c1c(=O)n(Cc1cnc(-c3ccc(NC(=O)[C@H](C)n4cnc5c4c(=O)n(C)c(=O)n5C)nc3)s1)c(=O)n2C. The number of hydrogen-bond acceptors (Lipinski definition) is 14. The largest absolute Gasteiger partial charge is 0.332 e. The first-order valence-corrected chi connectivity index (χ1v) is 19.2. The van der Waals surface area contributed by atoms with E-state index in [9.17, 15) is 28.8 Å². The van der Waals surface area contributed by atoms with Crippen molar-refractivity contribution in [3.63, 3.8) is 0 Å². The maximum atomic E-state index is 13.9. The van der Waals surface area contributed by atoms with Crippen molar-refractivity contribution in [3.8, 4) is 21.1 Å². The van der Waals surface area contributed by atoms with Crippen LogP contribution >= 0.6 is 22.7 Å². The second kappa shape index (κ2) is 14.7. The summed E-state index contributed by atoms with van der Waals surface area (Å²) in [5.74, 6) is -0.351. The molecule has 2 atom stereocenters. The fourth-order valence-electron chi connectivity index (χ4n) is 6.32. The van der Waals surface area contributed by atoms with E-state index in [1.165, 1.54) is 80.9 Å². The van der Waals surface area contributed by atoms with Gasteiger partial charge in [0.15, 0.2) is 22.3 Å². The number of hydrogen-bond donors (Lipinski definition) is 2. The van der Waals surface area contributed by atoms with Crippen LogP contribution < -0.4 is 33.1 Å². The van der Waals surface area contributed by atoms with Crippen molar-refractivity contribution in [1.29, 1.82) is 0 Å². The summed E-state index contributed by atoms with van der Waals surface area (Å²) < 4.78 is 7.36. The highest BCUT2D eigenvalue weighted by Gasteiger charge is 2.25. The standard InChI is InChI=1S/C36H32N14O6S2/c1-18(49-16-41-27-25(49)33(53)47(5)35(55)45(27)3)29(51)44-24-9-7-21(13-39-24)32-40-14-22(58-32)15-48-34(54)26-28(46(4)36(48)56)42-17-50(26)19(2)30(52)43-23-8-6-20(12-38-23)31-37-10-11-57-31/h6-14,16-19H,15H2,1-5H3,(H,38,43,52)(H,39,44,51)/t18-,19+/m0/s1. The summed E-state index contributed by atoms with van der Waals surface area (Å²) >= 11 is 2.72. The maximum Gasteiger partial charge on any atom is 0.332 e. The Balaban J connectivity index is 0.974. The first-order valence-electron chi connectivity index (χ1n) is 17.5. The Morgan fingerprint density at radius 2 is 1.21 bits per heavy atom. The predicted octanol–water partition coefficient (Wildman–Crippen LogP) is 2.13. The van der Waals surface area contributed by atoms with Crippen LogP contribution in [-0.4, -0.2) is 69.1 Å². The third kappa shape index (κ3) is 6.52. The first-order chi connectivity index (χ1) is 27.8. The minimum Gasteiger partial charge on any atom is -0.312 e. The van der Waals surface area contributed by atoms with Crippen LogP contribution in [0.3, 0.4) is 0 Å². The summed E-state index contributed by atoms with van der Waals surface area (Å²) in [6.45, 7) is 3.11. The molecule has 2 N–H and O–H groups in total. The van der Waals surface area contributed by atoms with Crippen LogP contribution in [-0.2, 0) is 37.3 Å². The van der Waals surface area contributed by atoms with Gasteiger partial charge in [-0.1, -0.05) is 0 Å². The van der Waals surface area contributed by atoms with Gasteiger partial charge in [-0.05, 0) is 38.1 Å². The zero-order valence-electron chi connectivity index (χ0n) is 31.3. The van der Waals surface area contributed by atoms with Gasteiger partial charge in [0.25, 0.3) is 11.1 Å². The molecular weight excluding hydrogens is 789 g/mol. The molecule has 8 aromatic rings. The number of aryl methyl sites for hydroxylation is 2. The number of pyridine rings is 2. The quantitative estimate of drug-likeness (QED) is 0.202. The van der Waals surface area contributed by atoms with Crippen molar-refractivity contribution in [3.05, 3.63) is 114 Å². The highest BCUT2D eigenvalue weighted by atomic mass is 32.1. The van der Waals surface area contributed by atoms with E-state index in [4.69, 9.17) is 0 Å². The van der Waals surface area contributed by atoms with Crippen molar-refractivity contribution >= 4 is 68.5 Å². The van der Waals surface area contributed by atoms with Crippen molar-refractivity contribution in [2.45, 2.75) is 32.5 Å². The number of carbonyl (C=O) groups is 2. The molecule has 0 saturated carbocycles. The van der Waals surface area contributed by atoms with Crippen LogP contribution in [0.15, 0.2) is 86.3 Å². The number of carbonyl (C=O) groups excluding carboxylic acids is 2. The van der Waals surface area contributed by atoms with Crippen molar-refractivity contribution < 1.29 is 9.59 Å². The van der Waals surface area contributed by atoms with Crippen LogP contribution in [0.4, 0.5) is 11.6 Å². The van der Waals surface area contributed by atoms with Gasteiger partial charge in [0.2, 0.25) is 11.8 Å². The molecule has 8 rings (SSSR count). The van der Waals surface area contributed by atoms with E-state index in [-0.39, 0.29) is 34.7 Å². The molecule has 0 aliphatic heterocycles. The van der Waals surface area contributed by atoms with Gasteiger partial charge in [0, 0.05) is 67.3 Å². The van der Waals surface area contributed by atoms with Crippen LogP contribution in [0, 0.1) is 0 Å². The summed E-state index contributed by atoms with van der Waals surface area (Å²) in [5, 5.41) is 8.72. The number of nitrogens with one attached hydrogen (secondary N) is 2. The predicted molar refractivity (Wildman–Crippen MR) is 216 cm³/mol. The average Bonchev–Trinajstić information content (AvgIpc) is 4.07. The molecule has 0 bridgehead atoms. The summed E-state index contributed by atoms with van der Waals surface area (Å²) in [4.78, 5) is 106. The van der Waals surface area contributed by atoms with Crippen molar-refractivity contribution in [1.82, 2.24) is 57.3 Å². The summed E-state index contributed by atoms with van der Waals surface area (Å²) in [6.07, 6.45) is 9.09. The number of nitrogens with zero attached hydrogens (tertiary/aromatic N) is 12. The number of rotatable bonds is 10.